The molecule has 0 spiro atoms. The van der Waals surface area contributed by atoms with Crippen molar-refractivity contribution in [1.29, 1.82) is 0 Å². The lowest BCUT2D eigenvalue weighted by atomic mass is 10.2. The van der Waals surface area contributed by atoms with Gasteiger partial charge in [0.05, 0.1) is 10.9 Å². The van der Waals surface area contributed by atoms with E-state index in [1.54, 1.807) is 36.7 Å². The van der Waals surface area contributed by atoms with E-state index < -0.39 is 5.69 Å². The van der Waals surface area contributed by atoms with Crippen LogP contribution in [-0.2, 0) is 11.3 Å². The van der Waals surface area contributed by atoms with Crippen LogP contribution in [0.15, 0.2) is 50.7 Å². The van der Waals surface area contributed by atoms with E-state index in [1.165, 1.54) is 0 Å². The van der Waals surface area contributed by atoms with Crippen molar-refractivity contribution in [3.8, 4) is 0 Å². The second-order valence-electron chi connectivity index (χ2n) is 7.10. The van der Waals surface area contributed by atoms with Crippen molar-refractivity contribution in [3.05, 3.63) is 62.0 Å². The summed E-state index contributed by atoms with van der Waals surface area (Å²) >= 11 is 3.34. The van der Waals surface area contributed by atoms with E-state index in [4.69, 9.17) is 0 Å². The average Bonchev–Trinajstić information content (AvgIpc) is 2.77. The van der Waals surface area contributed by atoms with E-state index in [2.05, 4.69) is 35.8 Å². The standard InChI is InChI=1S/C20H21BrN6O3/c21-14-4-5-16-15(13-14)18(29)27(20(30)24-16)8-1-3-17(28)25-9-11-26(12-10-25)19-22-6-2-7-23-19/h2,4-7,13H,1,3,8-12H2,(H,24,30). The lowest BCUT2D eigenvalue weighted by Crippen LogP contribution is -2.49. The number of anilines is 1. The van der Waals surface area contributed by atoms with Gasteiger partial charge in [0.1, 0.15) is 0 Å². The number of fused-ring (bicyclic) bond motifs is 1. The van der Waals surface area contributed by atoms with Gasteiger partial charge in [-0.2, -0.15) is 0 Å². The minimum Gasteiger partial charge on any atom is -0.339 e. The van der Waals surface area contributed by atoms with E-state index in [-0.39, 0.29) is 24.4 Å². The number of nitrogens with zero attached hydrogens (tertiary/aromatic N) is 5. The number of hydrogen-bond acceptors (Lipinski definition) is 6. The molecule has 1 saturated heterocycles. The Kier molecular flexibility index (Phi) is 5.93. The van der Waals surface area contributed by atoms with Crippen molar-refractivity contribution >= 4 is 38.7 Å². The van der Waals surface area contributed by atoms with Crippen LogP contribution in [0.1, 0.15) is 12.8 Å². The summed E-state index contributed by atoms with van der Waals surface area (Å²) in [4.78, 5) is 52.6. The van der Waals surface area contributed by atoms with Gasteiger partial charge in [0.25, 0.3) is 5.56 Å². The number of amides is 1. The van der Waals surface area contributed by atoms with Crippen molar-refractivity contribution in [2.45, 2.75) is 19.4 Å². The predicted octanol–water partition coefficient (Wildman–Crippen LogP) is 1.37. The molecule has 1 aliphatic heterocycles. The van der Waals surface area contributed by atoms with E-state index in [0.29, 0.717) is 49.5 Å². The van der Waals surface area contributed by atoms with Crippen LogP contribution < -0.4 is 16.1 Å². The number of carbonyl (C=O) groups is 1. The molecule has 1 aromatic carbocycles. The highest BCUT2D eigenvalue weighted by Crippen LogP contribution is 2.14. The Hall–Kier alpha value is -3.01. The Morgan fingerprint density at radius 3 is 2.57 bits per heavy atom. The monoisotopic (exact) mass is 472 g/mol. The number of piperazine rings is 1. The summed E-state index contributed by atoms with van der Waals surface area (Å²) in [5, 5.41) is 0.439. The first-order valence-corrected chi connectivity index (χ1v) is 10.5. The van der Waals surface area contributed by atoms with Gasteiger partial charge in [-0.15, -0.1) is 0 Å². The lowest BCUT2D eigenvalue weighted by molar-refractivity contribution is -0.131. The van der Waals surface area contributed by atoms with Crippen LogP contribution in [0.4, 0.5) is 5.95 Å². The zero-order valence-corrected chi connectivity index (χ0v) is 17.8. The summed E-state index contributed by atoms with van der Waals surface area (Å²) in [7, 11) is 0. The molecule has 1 N–H and O–H groups in total. The van der Waals surface area contributed by atoms with Gasteiger partial charge in [-0.1, -0.05) is 15.9 Å². The smallest absolute Gasteiger partial charge is 0.328 e. The first-order chi connectivity index (χ1) is 14.5. The van der Waals surface area contributed by atoms with Gasteiger partial charge in [-0.3, -0.25) is 14.2 Å². The summed E-state index contributed by atoms with van der Waals surface area (Å²) in [5.74, 6) is 0.697. The van der Waals surface area contributed by atoms with Gasteiger partial charge < -0.3 is 14.8 Å². The Bertz CT molecular complexity index is 1170. The summed E-state index contributed by atoms with van der Waals surface area (Å²) in [6.45, 7) is 2.74. The lowest BCUT2D eigenvalue weighted by Gasteiger charge is -2.34. The number of aromatic nitrogens is 4. The molecule has 2 aromatic heterocycles. The van der Waals surface area contributed by atoms with Crippen molar-refractivity contribution in [2.24, 2.45) is 0 Å². The number of halogens is 1. The molecule has 0 atom stereocenters. The summed E-state index contributed by atoms with van der Waals surface area (Å²) in [6.07, 6.45) is 4.11. The Balaban J connectivity index is 1.34. The van der Waals surface area contributed by atoms with Gasteiger partial charge in [-0.05, 0) is 30.7 Å². The molecule has 0 aliphatic carbocycles. The highest BCUT2D eigenvalue weighted by Gasteiger charge is 2.22. The molecule has 1 aliphatic rings. The molecule has 156 valence electrons. The van der Waals surface area contributed by atoms with Crippen LogP contribution in [0.5, 0.6) is 0 Å². The zero-order chi connectivity index (χ0) is 21.1. The molecular weight excluding hydrogens is 452 g/mol. The van der Waals surface area contributed by atoms with Crippen LogP contribution in [0, 0.1) is 0 Å². The molecule has 1 amide bonds. The van der Waals surface area contributed by atoms with Crippen LogP contribution in [0.2, 0.25) is 0 Å². The summed E-state index contributed by atoms with van der Waals surface area (Å²) in [5.41, 5.74) is -0.307. The van der Waals surface area contributed by atoms with Gasteiger partial charge in [0.2, 0.25) is 11.9 Å². The summed E-state index contributed by atoms with van der Waals surface area (Å²) in [6, 6.07) is 6.92. The van der Waals surface area contributed by atoms with E-state index in [1.807, 2.05) is 4.90 Å². The number of hydrogen-bond donors (Lipinski definition) is 1. The quantitative estimate of drug-likeness (QED) is 0.601. The fraction of sp³-hybridized carbons (Fsp3) is 0.350. The molecule has 0 unspecified atom stereocenters. The molecular formula is C20H21BrN6O3. The third-order valence-electron chi connectivity index (χ3n) is 5.18. The van der Waals surface area contributed by atoms with Gasteiger partial charge in [0, 0.05) is 56.0 Å². The van der Waals surface area contributed by atoms with Crippen LogP contribution >= 0.6 is 15.9 Å². The van der Waals surface area contributed by atoms with Crippen LogP contribution in [0.3, 0.4) is 0 Å². The van der Waals surface area contributed by atoms with Gasteiger partial charge in [-0.25, -0.2) is 14.8 Å². The Morgan fingerprint density at radius 1 is 1.10 bits per heavy atom. The number of aromatic amines is 1. The number of carbonyl (C=O) groups excluding carboxylic acids is 1. The maximum absolute atomic E-state index is 12.7. The van der Waals surface area contributed by atoms with E-state index >= 15 is 0 Å². The maximum Gasteiger partial charge on any atom is 0.328 e. The third-order valence-corrected chi connectivity index (χ3v) is 5.68. The topological polar surface area (TPSA) is 104 Å². The van der Waals surface area contributed by atoms with Gasteiger partial charge in [0.15, 0.2) is 0 Å². The van der Waals surface area contributed by atoms with Crippen molar-refractivity contribution in [1.82, 2.24) is 24.4 Å². The molecule has 1 fully saturated rings. The Labute approximate surface area is 180 Å². The molecule has 0 radical (unpaired) electrons. The largest absolute Gasteiger partial charge is 0.339 e. The van der Waals surface area contributed by atoms with Crippen molar-refractivity contribution in [2.75, 3.05) is 31.1 Å². The molecule has 30 heavy (non-hydrogen) atoms. The number of rotatable bonds is 5. The van der Waals surface area contributed by atoms with E-state index in [0.717, 1.165) is 9.04 Å². The number of benzene rings is 1. The Morgan fingerprint density at radius 2 is 1.83 bits per heavy atom. The maximum atomic E-state index is 12.7. The molecule has 9 nitrogen and oxygen atoms in total. The zero-order valence-electron chi connectivity index (χ0n) is 16.3. The molecule has 10 heteroatoms. The minimum atomic E-state index is -0.459. The highest BCUT2D eigenvalue weighted by molar-refractivity contribution is 9.10. The molecule has 0 saturated carbocycles. The highest BCUT2D eigenvalue weighted by atomic mass is 79.9. The number of nitrogens with one attached hydrogen (secondary N) is 1. The molecule has 3 heterocycles. The average molecular weight is 473 g/mol. The molecule has 0 bridgehead atoms. The predicted molar refractivity (Wildman–Crippen MR) is 117 cm³/mol. The molecule has 3 aromatic rings. The first kappa shape index (κ1) is 20.3. The fourth-order valence-corrected chi connectivity index (χ4v) is 3.94. The van der Waals surface area contributed by atoms with Crippen molar-refractivity contribution in [3.63, 3.8) is 0 Å². The second-order valence-corrected chi connectivity index (χ2v) is 8.01. The van der Waals surface area contributed by atoms with E-state index in [9.17, 15) is 14.4 Å². The minimum absolute atomic E-state index is 0.0247. The van der Waals surface area contributed by atoms with Crippen LogP contribution in [0.25, 0.3) is 10.9 Å². The third kappa shape index (κ3) is 4.28. The fourth-order valence-electron chi connectivity index (χ4n) is 3.58. The normalized spacial score (nSPS) is 14.3. The second kappa shape index (κ2) is 8.78. The SMILES string of the molecule is O=C(CCCn1c(=O)[nH]c2ccc(Br)cc2c1=O)N1CCN(c2ncccn2)CC1. The summed E-state index contributed by atoms with van der Waals surface area (Å²) < 4.78 is 1.92. The van der Waals surface area contributed by atoms with Gasteiger partial charge >= 0.3 is 5.69 Å². The molecule has 4 rings (SSSR count). The van der Waals surface area contributed by atoms with Crippen molar-refractivity contribution < 1.29 is 4.79 Å². The number of H-pyrrole nitrogens is 1. The first-order valence-electron chi connectivity index (χ1n) is 9.75. The van der Waals surface area contributed by atoms with Crippen LogP contribution in [-0.4, -0.2) is 56.5 Å².